The number of hydrogen-bond donors (Lipinski definition) is 0. The van der Waals surface area contributed by atoms with Gasteiger partial charge in [-0.15, -0.1) is 13.2 Å². The standard InChI is InChI=1S/C19H18F3N5O4S2/c1-5-33(30,31)14-9-13-16(27(4)18(28)26(13)3)24-15(14)17-23-11-8-10(32(29)19(20,21)22)6-7-12(11)25(17)2/h6-9H,5H2,1-4H3. The Morgan fingerprint density at radius 3 is 2.30 bits per heavy atom. The number of nitrogens with zero attached hydrogens (tertiary/aromatic N) is 5. The van der Waals surface area contributed by atoms with Crippen molar-refractivity contribution in [2.45, 2.75) is 22.2 Å². The van der Waals surface area contributed by atoms with E-state index in [0.29, 0.717) is 11.0 Å². The van der Waals surface area contributed by atoms with Gasteiger partial charge >= 0.3 is 11.2 Å². The molecule has 0 aliphatic rings. The zero-order chi connectivity index (χ0) is 24.5. The van der Waals surface area contributed by atoms with Crippen LogP contribution in [-0.2, 0) is 42.2 Å². The summed E-state index contributed by atoms with van der Waals surface area (Å²) >= 11 is -3.24. The molecule has 0 spiro atoms. The molecule has 1 atom stereocenters. The van der Waals surface area contributed by atoms with Gasteiger partial charge in [0, 0.05) is 27.2 Å². The van der Waals surface area contributed by atoms with Crippen LogP contribution < -0.4 is 5.69 Å². The Kier molecular flexibility index (Phi) is 5.37. The number of alkyl halides is 3. The van der Waals surface area contributed by atoms with E-state index in [9.17, 15) is 30.9 Å². The fraction of sp³-hybridized carbons (Fsp3) is 0.316. The highest BCUT2D eigenvalue weighted by Gasteiger charge is 2.46. The van der Waals surface area contributed by atoms with Crippen molar-refractivity contribution in [3.8, 4) is 11.5 Å². The van der Waals surface area contributed by atoms with Crippen molar-refractivity contribution < 1.29 is 26.1 Å². The number of fused-ring (bicyclic) bond motifs is 2. The van der Waals surface area contributed by atoms with E-state index in [2.05, 4.69) is 9.97 Å². The van der Waals surface area contributed by atoms with Gasteiger partial charge in [-0.3, -0.25) is 9.13 Å². The average molecular weight is 502 g/mol. The predicted molar refractivity (Wildman–Crippen MR) is 116 cm³/mol. The highest BCUT2D eigenvalue weighted by molar-refractivity contribution is 7.92. The molecule has 0 saturated heterocycles. The molecule has 9 nitrogen and oxygen atoms in total. The van der Waals surface area contributed by atoms with Crippen molar-refractivity contribution >= 4 is 43.2 Å². The lowest BCUT2D eigenvalue weighted by atomic mass is 10.3. The molecule has 0 saturated carbocycles. The number of imidazole rings is 2. The molecule has 4 aromatic rings. The topological polar surface area (TPSA) is 115 Å². The van der Waals surface area contributed by atoms with Gasteiger partial charge in [-0.25, -0.2) is 23.2 Å². The predicted octanol–water partition coefficient (Wildman–Crippen LogP) is 2.25. The van der Waals surface area contributed by atoms with E-state index in [1.54, 1.807) is 7.05 Å². The van der Waals surface area contributed by atoms with Crippen LogP contribution in [0.1, 0.15) is 6.92 Å². The molecular weight excluding hydrogens is 483 g/mol. The van der Waals surface area contributed by atoms with Crippen LogP contribution in [-0.4, -0.2) is 47.9 Å². The Bertz CT molecular complexity index is 1590. The first kappa shape index (κ1) is 23.3. The van der Waals surface area contributed by atoms with Crippen LogP contribution in [0.4, 0.5) is 13.2 Å². The summed E-state index contributed by atoms with van der Waals surface area (Å²) in [5.41, 5.74) is -4.37. The number of hydrogen-bond acceptors (Lipinski definition) is 6. The van der Waals surface area contributed by atoms with Crippen LogP contribution in [0.25, 0.3) is 33.7 Å². The zero-order valence-corrected chi connectivity index (χ0v) is 19.5. The van der Waals surface area contributed by atoms with E-state index in [1.807, 2.05) is 0 Å². The highest BCUT2D eigenvalue weighted by Crippen LogP contribution is 2.34. The number of aromatic nitrogens is 5. The second kappa shape index (κ2) is 7.60. The van der Waals surface area contributed by atoms with Crippen molar-refractivity contribution in [1.29, 1.82) is 0 Å². The number of rotatable bonds is 4. The van der Waals surface area contributed by atoms with Gasteiger partial charge < -0.3 is 9.12 Å². The fourth-order valence-corrected chi connectivity index (χ4v) is 5.29. The normalized spacial score (nSPS) is 13.8. The molecule has 33 heavy (non-hydrogen) atoms. The number of sulfone groups is 1. The van der Waals surface area contributed by atoms with E-state index < -0.39 is 37.1 Å². The van der Waals surface area contributed by atoms with Crippen molar-refractivity contribution in [1.82, 2.24) is 23.7 Å². The van der Waals surface area contributed by atoms with Crippen LogP contribution in [0.5, 0.6) is 0 Å². The molecule has 0 bridgehead atoms. The lowest BCUT2D eigenvalue weighted by Crippen LogP contribution is -2.23. The number of halogens is 3. The van der Waals surface area contributed by atoms with Crippen molar-refractivity contribution in [3.05, 3.63) is 34.7 Å². The van der Waals surface area contributed by atoms with Crippen molar-refractivity contribution in [2.24, 2.45) is 21.1 Å². The third-order valence-corrected chi connectivity index (χ3v) is 8.25. The van der Waals surface area contributed by atoms with Crippen LogP contribution in [0.15, 0.2) is 38.9 Å². The van der Waals surface area contributed by atoms with Gasteiger partial charge in [-0.2, -0.15) is 0 Å². The summed E-state index contributed by atoms with van der Waals surface area (Å²) in [6, 6.07) is 4.81. The minimum Gasteiger partial charge on any atom is -0.604 e. The van der Waals surface area contributed by atoms with E-state index in [1.165, 1.54) is 46.9 Å². The quantitative estimate of drug-likeness (QED) is 0.396. The van der Waals surface area contributed by atoms with Gasteiger partial charge in [-0.1, -0.05) is 6.92 Å². The molecule has 1 unspecified atom stereocenters. The van der Waals surface area contributed by atoms with Crippen LogP contribution in [0.3, 0.4) is 0 Å². The van der Waals surface area contributed by atoms with Crippen molar-refractivity contribution in [3.63, 3.8) is 0 Å². The van der Waals surface area contributed by atoms with E-state index in [0.717, 1.165) is 12.1 Å². The fourth-order valence-electron chi connectivity index (χ4n) is 3.58. The molecule has 0 aliphatic heterocycles. The molecule has 3 heterocycles. The second-order valence-corrected chi connectivity index (χ2v) is 11.1. The largest absolute Gasteiger partial charge is 0.604 e. The Balaban J connectivity index is 2.04. The molecule has 1 aromatic carbocycles. The van der Waals surface area contributed by atoms with Crippen LogP contribution >= 0.6 is 0 Å². The SMILES string of the molecule is CCS(=O)(=O)c1cc2c(nc1-c1nc3cc([S+]([O-])C(F)(F)F)ccc3n1C)n(C)c(=O)n2C. The summed E-state index contributed by atoms with van der Waals surface area (Å²) in [6.45, 7) is 1.46. The number of benzene rings is 1. The second-order valence-electron chi connectivity index (χ2n) is 7.34. The van der Waals surface area contributed by atoms with Crippen molar-refractivity contribution in [2.75, 3.05) is 5.75 Å². The molecule has 14 heteroatoms. The van der Waals surface area contributed by atoms with E-state index in [-0.39, 0.29) is 33.3 Å². The third-order valence-electron chi connectivity index (χ3n) is 5.40. The van der Waals surface area contributed by atoms with Crippen LogP contribution in [0, 0.1) is 0 Å². The van der Waals surface area contributed by atoms with Gasteiger partial charge in [0.1, 0.15) is 5.69 Å². The Morgan fingerprint density at radius 1 is 1.03 bits per heavy atom. The average Bonchev–Trinajstić information content (AvgIpc) is 3.20. The van der Waals surface area contributed by atoms with Gasteiger partial charge in [0.05, 0.1) is 38.4 Å². The molecular formula is C19H18F3N5O4S2. The Hall–Kier alpha value is -2.84. The van der Waals surface area contributed by atoms with Gasteiger partial charge in [0.15, 0.2) is 26.2 Å². The van der Waals surface area contributed by atoms with Crippen LogP contribution in [0.2, 0.25) is 0 Å². The Morgan fingerprint density at radius 2 is 1.70 bits per heavy atom. The maximum Gasteiger partial charge on any atom is 0.578 e. The van der Waals surface area contributed by atoms with E-state index >= 15 is 0 Å². The van der Waals surface area contributed by atoms with E-state index in [4.69, 9.17) is 0 Å². The molecule has 0 radical (unpaired) electrons. The molecule has 3 aromatic heterocycles. The molecule has 0 aliphatic carbocycles. The van der Waals surface area contributed by atoms with Gasteiger partial charge in [0.25, 0.3) is 0 Å². The molecule has 0 N–H and O–H groups in total. The van der Waals surface area contributed by atoms with Gasteiger partial charge in [-0.05, 0) is 18.2 Å². The third kappa shape index (κ3) is 3.61. The monoisotopic (exact) mass is 501 g/mol. The minimum atomic E-state index is -4.93. The highest BCUT2D eigenvalue weighted by atomic mass is 32.2. The lowest BCUT2D eigenvalue weighted by Gasteiger charge is -2.11. The Labute approximate surface area is 188 Å². The molecule has 0 amide bonds. The maximum absolute atomic E-state index is 12.9. The summed E-state index contributed by atoms with van der Waals surface area (Å²) in [7, 11) is 0.718. The minimum absolute atomic E-state index is 0.0391. The summed E-state index contributed by atoms with van der Waals surface area (Å²) in [6.07, 6.45) is 0. The van der Waals surface area contributed by atoms with Gasteiger partial charge in [0.2, 0.25) is 0 Å². The molecule has 176 valence electrons. The summed E-state index contributed by atoms with van der Waals surface area (Å²) in [5, 5.41) is 0. The zero-order valence-electron chi connectivity index (χ0n) is 17.8. The first-order chi connectivity index (χ1) is 15.3. The summed E-state index contributed by atoms with van der Waals surface area (Å²) in [4.78, 5) is 20.5. The molecule has 4 rings (SSSR count). The molecule has 0 fully saturated rings. The summed E-state index contributed by atoms with van der Waals surface area (Å²) in [5.74, 6) is -0.169. The first-order valence-electron chi connectivity index (χ1n) is 9.52. The lowest BCUT2D eigenvalue weighted by molar-refractivity contribution is -0.0435. The number of pyridine rings is 1. The number of aryl methyl sites for hydroxylation is 3. The maximum atomic E-state index is 12.9. The summed E-state index contributed by atoms with van der Waals surface area (Å²) < 4.78 is 80.2. The first-order valence-corrected chi connectivity index (χ1v) is 12.3. The smallest absolute Gasteiger partial charge is 0.578 e.